The fourth-order valence-corrected chi connectivity index (χ4v) is 4.95. The van der Waals surface area contributed by atoms with Crippen LogP contribution < -0.4 is 4.74 Å². The molecule has 26 heavy (non-hydrogen) atoms. The van der Waals surface area contributed by atoms with Gasteiger partial charge in [-0.15, -0.1) is 0 Å². The monoisotopic (exact) mass is 370 g/mol. The van der Waals surface area contributed by atoms with Gasteiger partial charge in [0, 0.05) is 13.1 Å². The molecule has 0 spiro atoms. The highest BCUT2D eigenvalue weighted by Crippen LogP contribution is 2.32. The zero-order chi connectivity index (χ0) is 18.7. The molecule has 0 bridgehead atoms. The lowest BCUT2D eigenvalue weighted by Crippen LogP contribution is -2.37. The lowest BCUT2D eigenvalue weighted by atomic mass is 9.90. The van der Waals surface area contributed by atoms with E-state index in [2.05, 4.69) is 12.1 Å². The van der Waals surface area contributed by atoms with Crippen LogP contribution in [0.4, 0.5) is 0 Å². The molecular formula is C20H22N2O3S. The molecule has 1 aliphatic heterocycles. The molecule has 0 aliphatic carbocycles. The number of rotatable bonds is 4. The number of benzene rings is 2. The fourth-order valence-electron chi connectivity index (χ4n) is 3.40. The standard InChI is InChI=1S/C20H22N2O3S/c1-15-12-20(7-6-18(15)14-21)26(23,24)22-10-8-16(9-11-22)17-4-3-5-19(13-17)25-2/h3-7,12-13,16H,8-11H2,1-2H3. The SMILES string of the molecule is COc1cccc(C2CCN(S(=O)(=O)c3ccc(C#N)c(C)c3)CC2)c1. The molecule has 2 aromatic rings. The van der Waals surface area contributed by atoms with E-state index in [4.69, 9.17) is 10.00 Å². The summed E-state index contributed by atoms with van der Waals surface area (Å²) >= 11 is 0. The lowest BCUT2D eigenvalue weighted by Gasteiger charge is -2.31. The molecule has 1 saturated heterocycles. The van der Waals surface area contributed by atoms with Gasteiger partial charge in [-0.2, -0.15) is 9.57 Å². The van der Waals surface area contributed by atoms with Crippen LogP contribution in [0.2, 0.25) is 0 Å². The summed E-state index contributed by atoms with van der Waals surface area (Å²) in [6.07, 6.45) is 1.56. The van der Waals surface area contributed by atoms with Crippen molar-refractivity contribution in [1.82, 2.24) is 4.31 Å². The van der Waals surface area contributed by atoms with E-state index in [0.29, 0.717) is 30.1 Å². The Bertz CT molecular complexity index is 940. The fraction of sp³-hybridized carbons (Fsp3) is 0.350. The van der Waals surface area contributed by atoms with E-state index in [0.717, 1.165) is 18.6 Å². The highest BCUT2D eigenvalue weighted by atomic mass is 32.2. The summed E-state index contributed by atoms with van der Waals surface area (Å²) in [5, 5.41) is 9.02. The predicted molar refractivity (Wildman–Crippen MR) is 99.6 cm³/mol. The maximum absolute atomic E-state index is 12.9. The predicted octanol–water partition coefficient (Wildman–Crippen LogP) is 3.44. The second kappa shape index (κ2) is 7.48. The van der Waals surface area contributed by atoms with Crippen LogP contribution in [0.25, 0.3) is 0 Å². The zero-order valence-corrected chi connectivity index (χ0v) is 15.8. The van der Waals surface area contributed by atoms with Gasteiger partial charge < -0.3 is 4.74 Å². The molecule has 2 aromatic carbocycles. The molecule has 5 nitrogen and oxygen atoms in total. The van der Waals surface area contributed by atoms with Crippen LogP contribution in [0, 0.1) is 18.3 Å². The summed E-state index contributed by atoms with van der Waals surface area (Å²) in [5.74, 6) is 1.16. The topological polar surface area (TPSA) is 70.4 Å². The summed E-state index contributed by atoms with van der Waals surface area (Å²) < 4.78 is 32.6. The van der Waals surface area contributed by atoms with Crippen molar-refractivity contribution in [3.63, 3.8) is 0 Å². The van der Waals surface area contributed by atoms with Crippen LogP contribution in [0.3, 0.4) is 0 Å². The van der Waals surface area contributed by atoms with Crippen LogP contribution in [0.1, 0.15) is 35.4 Å². The van der Waals surface area contributed by atoms with Crippen molar-refractivity contribution < 1.29 is 13.2 Å². The molecule has 0 N–H and O–H groups in total. The maximum Gasteiger partial charge on any atom is 0.243 e. The maximum atomic E-state index is 12.9. The van der Waals surface area contributed by atoms with Gasteiger partial charge in [0.25, 0.3) is 0 Å². The molecule has 0 saturated carbocycles. The van der Waals surface area contributed by atoms with Crippen LogP contribution in [-0.2, 0) is 10.0 Å². The Hall–Kier alpha value is -2.36. The molecule has 1 fully saturated rings. The Morgan fingerprint density at radius 1 is 1.15 bits per heavy atom. The number of nitrogens with zero attached hydrogens (tertiary/aromatic N) is 2. The highest BCUT2D eigenvalue weighted by molar-refractivity contribution is 7.89. The second-order valence-electron chi connectivity index (χ2n) is 6.54. The lowest BCUT2D eigenvalue weighted by molar-refractivity contribution is 0.319. The first-order chi connectivity index (χ1) is 12.5. The normalized spacial score (nSPS) is 16.2. The van der Waals surface area contributed by atoms with E-state index in [-0.39, 0.29) is 4.90 Å². The van der Waals surface area contributed by atoms with Crippen molar-refractivity contribution in [2.24, 2.45) is 0 Å². The van der Waals surface area contributed by atoms with Crippen molar-refractivity contribution in [2.45, 2.75) is 30.6 Å². The highest BCUT2D eigenvalue weighted by Gasteiger charge is 2.30. The first kappa shape index (κ1) is 18.4. The van der Waals surface area contributed by atoms with Gasteiger partial charge in [0.2, 0.25) is 10.0 Å². The number of sulfonamides is 1. The Labute approximate surface area is 154 Å². The van der Waals surface area contributed by atoms with Gasteiger partial charge >= 0.3 is 0 Å². The summed E-state index contributed by atoms with van der Waals surface area (Å²) in [7, 11) is -1.88. The van der Waals surface area contributed by atoms with E-state index in [1.165, 1.54) is 11.6 Å². The molecule has 0 aromatic heterocycles. The Morgan fingerprint density at radius 2 is 1.88 bits per heavy atom. The van der Waals surface area contributed by atoms with Crippen LogP contribution in [0.5, 0.6) is 5.75 Å². The van der Waals surface area contributed by atoms with Gasteiger partial charge in [-0.3, -0.25) is 0 Å². The minimum atomic E-state index is -3.53. The molecule has 3 rings (SSSR count). The third-order valence-corrected chi connectivity index (χ3v) is 6.87. The number of hydrogen-bond acceptors (Lipinski definition) is 4. The third-order valence-electron chi connectivity index (χ3n) is 4.98. The summed E-state index contributed by atoms with van der Waals surface area (Å²) in [6.45, 7) is 2.74. The van der Waals surface area contributed by atoms with Gasteiger partial charge in [-0.05, 0) is 67.1 Å². The van der Waals surface area contributed by atoms with Gasteiger partial charge in [-0.1, -0.05) is 12.1 Å². The van der Waals surface area contributed by atoms with Crippen LogP contribution >= 0.6 is 0 Å². The zero-order valence-electron chi connectivity index (χ0n) is 15.0. The third kappa shape index (κ3) is 3.59. The molecule has 0 radical (unpaired) electrons. The largest absolute Gasteiger partial charge is 0.497 e. The van der Waals surface area contributed by atoms with Crippen LogP contribution in [-0.4, -0.2) is 32.9 Å². The van der Waals surface area contributed by atoms with Crippen molar-refractivity contribution in [3.05, 3.63) is 59.2 Å². The summed E-state index contributed by atoms with van der Waals surface area (Å²) in [4.78, 5) is 0.258. The Morgan fingerprint density at radius 3 is 2.50 bits per heavy atom. The molecular weight excluding hydrogens is 348 g/mol. The molecule has 0 amide bonds. The average molecular weight is 370 g/mol. The van der Waals surface area contributed by atoms with Gasteiger partial charge in [0.1, 0.15) is 5.75 Å². The first-order valence-corrected chi connectivity index (χ1v) is 10.0. The number of piperidine rings is 1. The molecule has 136 valence electrons. The number of hydrogen-bond donors (Lipinski definition) is 0. The average Bonchev–Trinajstić information content (AvgIpc) is 2.68. The Balaban J connectivity index is 1.74. The van der Waals surface area contributed by atoms with Crippen molar-refractivity contribution in [1.29, 1.82) is 5.26 Å². The molecule has 1 aliphatic rings. The summed E-state index contributed by atoms with van der Waals surface area (Å²) in [6, 6.07) is 14.7. The minimum absolute atomic E-state index is 0.258. The van der Waals surface area contributed by atoms with E-state index >= 15 is 0 Å². The molecule has 0 atom stereocenters. The van der Waals surface area contributed by atoms with Crippen molar-refractivity contribution >= 4 is 10.0 Å². The van der Waals surface area contributed by atoms with Crippen LogP contribution in [0.15, 0.2) is 47.4 Å². The first-order valence-electron chi connectivity index (χ1n) is 8.60. The quantitative estimate of drug-likeness (QED) is 0.826. The number of ether oxygens (including phenoxy) is 1. The van der Waals surface area contributed by atoms with E-state index in [1.54, 1.807) is 30.5 Å². The number of aryl methyl sites for hydroxylation is 1. The number of nitriles is 1. The molecule has 1 heterocycles. The minimum Gasteiger partial charge on any atom is -0.497 e. The molecule has 6 heteroatoms. The van der Waals surface area contributed by atoms with E-state index in [1.807, 2.05) is 18.2 Å². The number of methoxy groups -OCH3 is 1. The Kier molecular flexibility index (Phi) is 5.30. The summed E-state index contributed by atoms with van der Waals surface area (Å²) in [5.41, 5.74) is 2.37. The second-order valence-corrected chi connectivity index (χ2v) is 8.48. The smallest absolute Gasteiger partial charge is 0.243 e. The van der Waals surface area contributed by atoms with Gasteiger partial charge in [0.05, 0.1) is 23.6 Å². The van der Waals surface area contributed by atoms with Gasteiger partial charge in [0.15, 0.2) is 0 Å². The van der Waals surface area contributed by atoms with Crippen molar-refractivity contribution in [3.8, 4) is 11.8 Å². The van der Waals surface area contributed by atoms with Gasteiger partial charge in [-0.25, -0.2) is 8.42 Å². The van der Waals surface area contributed by atoms with E-state index < -0.39 is 10.0 Å². The van der Waals surface area contributed by atoms with Crippen molar-refractivity contribution in [2.75, 3.05) is 20.2 Å². The van der Waals surface area contributed by atoms with E-state index in [9.17, 15) is 8.42 Å². The molecule has 0 unspecified atom stereocenters.